The maximum atomic E-state index is 12.5. The Bertz CT molecular complexity index is 564. The van der Waals surface area contributed by atoms with Crippen molar-refractivity contribution in [3.63, 3.8) is 0 Å². The molecule has 2 aliphatic rings. The second kappa shape index (κ2) is 9.33. The molecule has 0 aliphatic carbocycles. The van der Waals surface area contributed by atoms with E-state index in [1.165, 1.54) is 19.3 Å². The first-order valence-corrected chi connectivity index (χ1v) is 10.0. The summed E-state index contributed by atoms with van der Waals surface area (Å²) in [6, 6.07) is 3.65. The van der Waals surface area contributed by atoms with Crippen LogP contribution in [0.15, 0.2) is 18.3 Å². The van der Waals surface area contributed by atoms with Gasteiger partial charge in [-0.3, -0.25) is 4.79 Å². The molecule has 0 radical (unpaired) electrons. The average molecular weight is 361 g/mol. The summed E-state index contributed by atoms with van der Waals surface area (Å²) in [5.41, 5.74) is 0.638. The van der Waals surface area contributed by atoms with Crippen molar-refractivity contribution in [3.05, 3.63) is 23.9 Å². The van der Waals surface area contributed by atoms with Crippen molar-refractivity contribution in [2.24, 2.45) is 5.92 Å². The van der Waals surface area contributed by atoms with Crippen LogP contribution >= 0.6 is 0 Å². The first kappa shape index (κ1) is 19.1. The lowest BCUT2D eigenvalue weighted by Gasteiger charge is -2.30. The number of aliphatic hydroxyl groups excluding tert-OH is 1. The van der Waals surface area contributed by atoms with Crippen molar-refractivity contribution in [3.8, 4) is 0 Å². The van der Waals surface area contributed by atoms with Crippen LogP contribution in [0.5, 0.6) is 0 Å². The number of piperidine rings is 2. The Kier molecular flexibility index (Phi) is 6.86. The molecule has 144 valence electrons. The SMILES string of the molecule is CC1CCN(C(=O)c2ccc(NCC(O)CN3CCCCC3)nc2)CC1. The fourth-order valence-electron chi connectivity index (χ4n) is 3.75. The molecule has 1 aromatic rings. The van der Waals surface area contributed by atoms with Crippen LogP contribution in [0.1, 0.15) is 49.4 Å². The summed E-state index contributed by atoms with van der Waals surface area (Å²) in [6.45, 7) is 7.26. The molecule has 0 spiro atoms. The number of carbonyl (C=O) groups excluding carboxylic acids is 1. The van der Waals surface area contributed by atoms with Gasteiger partial charge in [-0.1, -0.05) is 13.3 Å². The number of β-amino-alcohol motifs (C(OH)–C–C–N with tert-alkyl or cyclic N) is 1. The van der Waals surface area contributed by atoms with Crippen LogP contribution in [0.4, 0.5) is 5.82 Å². The van der Waals surface area contributed by atoms with Crippen molar-refractivity contribution in [1.82, 2.24) is 14.8 Å². The third-order valence-electron chi connectivity index (χ3n) is 5.52. The smallest absolute Gasteiger partial charge is 0.255 e. The quantitative estimate of drug-likeness (QED) is 0.814. The Morgan fingerprint density at radius 3 is 2.62 bits per heavy atom. The number of carbonyl (C=O) groups is 1. The molecule has 1 amide bonds. The molecular formula is C20H32N4O2. The van der Waals surface area contributed by atoms with Gasteiger partial charge in [-0.2, -0.15) is 0 Å². The standard InChI is InChI=1S/C20H32N4O2/c1-16-7-11-24(12-8-16)20(26)17-5-6-19(21-13-17)22-14-18(25)15-23-9-3-2-4-10-23/h5-6,13,16,18,25H,2-4,7-12,14-15H2,1H3,(H,21,22). The van der Waals surface area contributed by atoms with Gasteiger partial charge in [0, 0.05) is 32.4 Å². The number of aromatic nitrogens is 1. The summed E-state index contributed by atoms with van der Waals surface area (Å²) in [5.74, 6) is 1.48. The zero-order chi connectivity index (χ0) is 18.4. The molecule has 2 saturated heterocycles. The number of amides is 1. The van der Waals surface area contributed by atoms with E-state index >= 15 is 0 Å². The lowest BCUT2D eigenvalue weighted by Crippen LogP contribution is -2.39. The highest BCUT2D eigenvalue weighted by atomic mass is 16.3. The number of rotatable bonds is 6. The van der Waals surface area contributed by atoms with E-state index in [1.54, 1.807) is 6.20 Å². The molecule has 26 heavy (non-hydrogen) atoms. The Hall–Kier alpha value is -1.66. The normalized spacial score (nSPS) is 20.8. The highest BCUT2D eigenvalue weighted by Gasteiger charge is 2.21. The molecule has 2 N–H and O–H groups in total. The summed E-state index contributed by atoms with van der Waals surface area (Å²) >= 11 is 0. The van der Waals surface area contributed by atoms with Gasteiger partial charge in [-0.15, -0.1) is 0 Å². The average Bonchev–Trinajstić information content (AvgIpc) is 2.68. The number of hydrogen-bond acceptors (Lipinski definition) is 5. The molecule has 2 fully saturated rings. The third-order valence-corrected chi connectivity index (χ3v) is 5.52. The van der Waals surface area contributed by atoms with Crippen molar-refractivity contribution < 1.29 is 9.90 Å². The predicted molar refractivity (Wildman–Crippen MR) is 103 cm³/mol. The molecule has 6 heteroatoms. The fraction of sp³-hybridized carbons (Fsp3) is 0.700. The monoisotopic (exact) mass is 360 g/mol. The van der Waals surface area contributed by atoms with E-state index in [9.17, 15) is 9.90 Å². The van der Waals surface area contributed by atoms with Gasteiger partial charge in [0.15, 0.2) is 0 Å². The van der Waals surface area contributed by atoms with Gasteiger partial charge in [0.1, 0.15) is 5.82 Å². The van der Waals surface area contributed by atoms with Crippen LogP contribution in [0.2, 0.25) is 0 Å². The molecule has 6 nitrogen and oxygen atoms in total. The van der Waals surface area contributed by atoms with Crippen LogP contribution in [0.3, 0.4) is 0 Å². The Labute approximate surface area is 156 Å². The molecule has 1 unspecified atom stereocenters. The van der Waals surface area contributed by atoms with Gasteiger partial charge in [0.25, 0.3) is 5.91 Å². The van der Waals surface area contributed by atoms with Crippen molar-refractivity contribution in [2.75, 3.05) is 44.6 Å². The molecular weight excluding hydrogens is 328 g/mol. The first-order chi connectivity index (χ1) is 12.6. The van der Waals surface area contributed by atoms with E-state index in [0.29, 0.717) is 30.4 Å². The minimum atomic E-state index is -0.411. The third kappa shape index (κ3) is 5.42. The largest absolute Gasteiger partial charge is 0.390 e. The van der Waals surface area contributed by atoms with Gasteiger partial charge in [-0.25, -0.2) is 4.98 Å². The highest BCUT2D eigenvalue weighted by Crippen LogP contribution is 2.18. The predicted octanol–water partition coefficient (Wildman–Crippen LogP) is 2.21. The summed E-state index contributed by atoms with van der Waals surface area (Å²) in [5, 5.41) is 13.4. The van der Waals surface area contributed by atoms with E-state index < -0.39 is 6.10 Å². The van der Waals surface area contributed by atoms with Gasteiger partial charge in [0.2, 0.25) is 0 Å². The van der Waals surface area contributed by atoms with E-state index in [1.807, 2.05) is 17.0 Å². The molecule has 1 aromatic heterocycles. The first-order valence-electron chi connectivity index (χ1n) is 10.0. The fourth-order valence-corrected chi connectivity index (χ4v) is 3.75. The number of hydrogen-bond donors (Lipinski definition) is 2. The van der Waals surface area contributed by atoms with Crippen molar-refractivity contribution in [1.29, 1.82) is 0 Å². The molecule has 0 saturated carbocycles. The van der Waals surface area contributed by atoms with Crippen molar-refractivity contribution >= 4 is 11.7 Å². The van der Waals surface area contributed by atoms with Gasteiger partial charge in [-0.05, 0) is 56.8 Å². The number of nitrogens with zero attached hydrogens (tertiary/aromatic N) is 3. The molecule has 3 rings (SSSR count). The molecule has 0 aromatic carbocycles. The molecule has 3 heterocycles. The van der Waals surface area contributed by atoms with Crippen molar-refractivity contribution in [2.45, 2.75) is 45.1 Å². The Balaban J connectivity index is 1.44. The highest BCUT2D eigenvalue weighted by molar-refractivity contribution is 5.94. The molecule has 2 aliphatic heterocycles. The minimum absolute atomic E-state index is 0.0704. The summed E-state index contributed by atoms with van der Waals surface area (Å²) in [6.07, 6.45) is 7.14. The summed E-state index contributed by atoms with van der Waals surface area (Å²) in [4.78, 5) is 21.1. The summed E-state index contributed by atoms with van der Waals surface area (Å²) in [7, 11) is 0. The van der Waals surface area contributed by atoms with Gasteiger partial charge < -0.3 is 20.2 Å². The number of anilines is 1. The van der Waals surface area contributed by atoms with Crippen LogP contribution < -0.4 is 5.32 Å². The number of likely N-dealkylation sites (tertiary alicyclic amines) is 2. The second-order valence-corrected chi connectivity index (χ2v) is 7.80. The van der Waals surface area contributed by atoms with Gasteiger partial charge in [0.05, 0.1) is 11.7 Å². The van der Waals surface area contributed by atoms with Gasteiger partial charge >= 0.3 is 0 Å². The number of pyridine rings is 1. The number of nitrogens with one attached hydrogen (secondary N) is 1. The topological polar surface area (TPSA) is 68.7 Å². The van der Waals surface area contributed by atoms with Crippen LogP contribution in [0.25, 0.3) is 0 Å². The Morgan fingerprint density at radius 1 is 1.23 bits per heavy atom. The van der Waals surface area contributed by atoms with E-state index in [0.717, 1.165) is 39.0 Å². The van der Waals surface area contributed by atoms with Crippen LogP contribution in [0, 0.1) is 5.92 Å². The van der Waals surface area contributed by atoms with E-state index in [2.05, 4.69) is 22.1 Å². The Morgan fingerprint density at radius 2 is 1.96 bits per heavy atom. The van der Waals surface area contributed by atoms with Crippen LogP contribution in [-0.2, 0) is 0 Å². The molecule has 0 bridgehead atoms. The minimum Gasteiger partial charge on any atom is -0.390 e. The second-order valence-electron chi connectivity index (χ2n) is 7.80. The number of aliphatic hydroxyl groups is 1. The van der Waals surface area contributed by atoms with Crippen LogP contribution in [-0.4, -0.2) is 71.2 Å². The maximum Gasteiger partial charge on any atom is 0.255 e. The zero-order valence-electron chi connectivity index (χ0n) is 15.9. The summed E-state index contributed by atoms with van der Waals surface area (Å²) < 4.78 is 0. The van der Waals surface area contributed by atoms with E-state index in [-0.39, 0.29) is 5.91 Å². The van der Waals surface area contributed by atoms with E-state index in [4.69, 9.17) is 0 Å². The lowest BCUT2D eigenvalue weighted by molar-refractivity contribution is 0.0697. The zero-order valence-corrected chi connectivity index (χ0v) is 15.9. The maximum absolute atomic E-state index is 12.5. The molecule has 1 atom stereocenters. The lowest BCUT2D eigenvalue weighted by atomic mass is 9.99.